The summed E-state index contributed by atoms with van der Waals surface area (Å²) in [5.74, 6) is 0.255. The van der Waals surface area contributed by atoms with Gasteiger partial charge in [0.25, 0.3) is 5.91 Å². The number of nitrogens with two attached hydrogens (primary N) is 1. The summed E-state index contributed by atoms with van der Waals surface area (Å²) in [6.45, 7) is 0.476. The van der Waals surface area contributed by atoms with Gasteiger partial charge in [0, 0.05) is 12.6 Å². The van der Waals surface area contributed by atoms with Crippen LogP contribution in [0.25, 0.3) is 5.69 Å². The van der Waals surface area contributed by atoms with Crippen molar-refractivity contribution in [3.05, 3.63) is 64.8 Å². The Bertz CT molecular complexity index is 911. The molecule has 2 aromatic carbocycles. The predicted molar refractivity (Wildman–Crippen MR) is 99.8 cm³/mol. The zero-order chi connectivity index (χ0) is 18.5. The zero-order valence-corrected chi connectivity index (χ0v) is 14.9. The normalized spacial score (nSPS) is 10.5. The Morgan fingerprint density at radius 2 is 2.04 bits per heavy atom. The molecule has 0 aliphatic carbocycles. The standard InChI is InChI=1S/C18H18ClN5O2/c1-26-15-11-13(7-8-14(15)19)24-17(20)16(22-23-24)18(25)21-10-9-12-5-3-2-4-6-12/h2-8,11H,9-10,20H2,1H3,(H,21,25). The van der Waals surface area contributed by atoms with Gasteiger partial charge < -0.3 is 15.8 Å². The summed E-state index contributed by atoms with van der Waals surface area (Å²) in [5.41, 5.74) is 7.86. The van der Waals surface area contributed by atoms with Gasteiger partial charge in [0.05, 0.1) is 17.8 Å². The second-order valence-corrected chi connectivity index (χ2v) is 5.95. The van der Waals surface area contributed by atoms with E-state index in [1.54, 1.807) is 18.2 Å². The molecule has 1 aromatic heterocycles. The number of methoxy groups -OCH3 is 1. The van der Waals surface area contributed by atoms with Gasteiger partial charge in [-0.15, -0.1) is 5.10 Å². The van der Waals surface area contributed by atoms with Crippen molar-refractivity contribution in [2.75, 3.05) is 19.4 Å². The summed E-state index contributed by atoms with van der Waals surface area (Å²) in [6, 6.07) is 14.9. The molecule has 0 spiro atoms. The van der Waals surface area contributed by atoms with Gasteiger partial charge in [-0.25, -0.2) is 0 Å². The van der Waals surface area contributed by atoms with Crippen molar-refractivity contribution in [2.45, 2.75) is 6.42 Å². The Hall–Kier alpha value is -3.06. The molecule has 1 heterocycles. The first-order valence-electron chi connectivity index (χ1n) is 7.97. The average molecular weight is 372 g/mol. The van der Waals surface area contributed by atoms with E-state index in [-0.39, 0.29) is 17.4 Å². The van der Waals surface area contributed by atoms with E-state index in [1.165, 1.54) is 11.8 Å². The highest BCUT2D eigenvalue weighted by molar-refractivity contribution is 6.32. The Balaban J connectivity index is 1.71. The lowest BCUT2D eigenvalue weighted by molar-refractivity contribution is 0.0950. The number of carbonyl (C=O) groups is 1. The number of nitrogen functional groups attached to an aromatic ring is 1. The van der Waals surface area contributed by atoms with Crippen LogP contribution in [0.15, 0.2) is 48.5 Å². The Morgan fingerprint density at radius 1 is 1.27 bits per heavy atom. The van der Waals surface area contributed by atoms with Crippen LogP contribution >= 0.6 is 11.6 Å². The molecule has 134 valence electrons. The number of amides is 1. The van der Waals surface area contributed by atoms with E-state index in [4.69, 9.17) is 22.1 Å². The number of aromatic nitrogens is 3. The molecule has 0 aliphatic heterocycles. The first-order valence-corrected chi connectivity index (χ1v) is 8.35. The molecule has 0 aliphatic rings. The van der Waals surface area contributed by atoms with Crippen LogP contribution in [0.2, 0.25) is 5.02 Å². The SMILES string of the molecule is COc1cc(-n2nnc(C(=O)NCCc3ccccc3)c2N)ccc1Cl. The van der Waals surface area contributed by atoms with E-state index in [0.717, 1.165) is 12.0 Å². The van der Waals surface area contributed by atoms with E-state index in [9.17, 15) is 4.79 Å². The number of carbonyl (C=O) groups excluding carboxylic acids is 1. The van der Waals surface area contributed by atoms with Crippen LogP contribution in [-0.4, -0.2) is 34.6 Å². The summed E-state index contributed by atoms with van der Waals surface area (Å²) >= 11 is 6.02. The van der Waals surface area contributed by atoms with E-state index < -0.39 is 0 Å². The lowest BCUT2D eigenvalue weighted by Gasteiger charge is -2.07. The third-order valence-electron chi connectivity index (χ3n) is 3.84. The van der Waals surface area contributed by atoms with Crippen LogP contribution in [0.5, 0.6) is 5.75 Å². The van der Waals surface area contributed by atoms with Crippen molar-refractivity contribution in [1.29, 1.82) is 0 Å². The number of benzene rings is 2. The summed E-state index contributed by atoms with van der Waals surface area (Å²) in [4.78, 5) is 12.3. The molecular formula is C18H18ClN5O2. The number of rotatable bonds is 6. The predicted octanol–water partition coefficient (Wildman–Crippen LogP) is 2.48. The van der Waals surface area contributed by atoms with Crippen LogP contribution in [-0.2, 0) is 6.42 Å². The van der Waals surface area contributed by atoms with Crippen LogP contribution < -0.4 is 15.8 Å². The Labute approximate surface area is 155 Å². The molecular weight excluding hydrogens is 354 g/mol. The lowest BCUT2D eigenvalue weighted by atomic mass is 10.1. The van der Waals surface area contributed by atoms with Gasteiger partial charge in [0.15, 0.2) is 11.5 Å². The number of nitrogens with zero attached hydrogens (tertiary/aromatic N) is 3. The molecule has 0 saturated heterocycles. The minimum Gasteiger partial charge on any atom is -0.495 e. The highest BCUT2D eigenvalue weighted by atomic mass is 35.5. The number of hydrogen-bond acceptors (Lipinski definition) is 5. The molecule has 0 bridgehead atoms. The van der Waals surface area contributed by atoms with Crippen LogP contribution in [0.3, 0.4) is 0 Å². The van der Waals surface area contributed by atoms with Crippen molar-refractivity contribution < 1.29 is 9.53 Å². The first-order chi connectivity index (χ1) is 12.6. The smallest absolute Gasteiger partial charge is 0.275 e. The number of ether oxygens (including phenoxy) is 1. The Kier molecular flexibility index (Phi) is 5.38. The first kappa shape index (κ1) is 17.8. The summed E-state index contributed by atoms with van der Waals surface area (Å²) in [6.07, 6.45) is 0.717. The fourth-order valence-corrected chi connectivity index (χ4v) is 2.67. The van der Waals surface area contributed by atoms with Gasteiger partial charge in [-0.2, -0.15) is 4.68 Å². The third-order valence-corrected chi connectivity index (χ3v) is 4.15. The van der Waals surface area contributed by atoms with Crippen molar-refractivity contribution in [1.82, 2.24) is 20.3 Å². The molecule has 0 saturated carbocycles. The molecule has 0 atom stereocenters. The van der Waals surface area contributed by atoms with E-state index in [2.05, 4.69) is 15.6 Å². The number of halogens is 1. The molecule has 0 unspecified atom stereocenters. The molecule has 3 aromatic rings. The fraction of sp³-hybridized carbons (Fsp3) is 0.167. The van der Waals surface area contributed by atoms with Crippen molar-refractivity contribution in [3.63, 3.8) is 0 Å². The zero-order valence-electron chi connectivity index (χ0n) is 14.1. The Morgan fingerprint density at radius 3 is 2.77 bits per heavy atom. The number of hydrogen-bond donors (Lipinski definition) is 2. The second-order valence-electron chi connectivity index (χ2n) is 5.55. The van der Waals surface area contributed by atoms with Gasteiger partial charge in [-0.1, -0.05) is 47.1 Å². The number of nitrogens with one attached hydrogen (secondary N) is 1. The maximum absolute atomic E-state index is 12.3. The maximum atomic E-state index is 12.3. The van der Waals surface area contributed by atoms with Gasteiger partial charge in [-0.3, -0.25) is 4.79 Å². The summed E-state index contributed by atoms with van der Waals surface area (Å²) in [5, 5.41) is 11.1. The lowest BCUT2D eigenvalue weighted by Crippen LogP contribution is -2.27. The van der Waals surface area contributed by atoms with Crippen molar-refractivity contribution in [2.24, 2.45) is 0 Å². The second kappa shape index (κ2) is 7.88. The van der Waals surface area contributed by atoms with E-state index in [1.807, 2.05) is 30.3 Å². The van der Waals surface area contributed by atoms with E-state index in [0.29, 0.717) is 23.0 Å². The van der Waals surface area contributed by atoms with Gasteiger partial charge in [0.1, 0.15) is 5.75 Å². The van der Waals surface area contributed by atoms with Crippen LogP contribution in [0.4, 0.5) is 5.82 Å². The van der Waals surface area contributed by atoms with Crippen LogP contribution in [0, 0.1) is 0 Å². The molecule has 0 fully saturated rings. The van der Waals surface area contributed by atoms with E-state index >= 15 is 0 Å². The minimum absolute atomic E-state index is 0.0759. The highest BCUT2D eigenvalue weighted by Crippen LogP contribution is 2.27. The molecule has 7 nitrogen and oxygen atoms in total. The topological polar surface area (TPSA) is 95.1 Å². The van der Waals surface area contributed by atoms with Gasteiger partial charge in [0.2, 0.25) is 0 Å². The third kappa shape index (κ3) is 3.78. The average Bonchev–Trinajstić information content (AvgIpc) is 3.04. The van der Waals surface area contributed by atoms with Crippen molar-refractivity contribution in [3.8, 4) is 11.4 Å². The monoisotopic (exact) mass is 371 g/mol. The largest absolute Gasteiger partial charge is 0.495 e. The van der Waals surface area contributed by atoms with Gasteiger partial charge in [-0.05, 0) is 24.1 Å². The van der Waals surface area contributed by atoms with Crippen LogP contribution in [0.1, 0.15) is 16.1 Å². The summed E-state index contributed by atoms with van der Waals surface area (Å²) < 4.78 is 6.55. The molecule has 8 heteroatoms. The molecule has 0 radical (unpaired) electrons. The molecule has 3 rings (SSSR count). The fourth-order valence-electron chi connectivity index (χ4n) is 2.47. The highest BCUT2D eigenvalue weighted by Gasteiger charge is 2.18. The maximum Gasteiger partial charge on any atom is 0.275 e. The minimum atomic E-state index is -0.370. The molecule has 3 N–H and O–H groups in total. The molecule has 1 amide bonds. The summed E-state index contributed by atoms with van der Waals surface area (Å²) in [7, 11) is 1.52. The molecule has 26 heavy (non-hydrogen) atoms. The van der Waals surface area contributed by atoms with Crippen molar-refractivity contribution >= 4 is 23.3 Å². The quantitative estimate of drug-likeness (QED) is 0.694. The van der Waals surface area contributed by atoms with Gasteiger partial charge >= 0.3 is 0 Å². The number of anilines is 1.